The lowest BCUT2D eigenvalue weighted by atomic mass is 10.1. The minimum atomic E-state index is -0.491. The molecule has 0 unspecified atom stereocenters. The highest BCUT2D eigenvalue weighted by molar-refractivity contribution is 5.98. The Hall–Kier alpha value is -3.41. The summed E-state index contributed by atoms with van der Waals surface area (Å²) in [5.74, 6) is 0.0916. The molecule has 2 aromatic heterocycles. The van der Waals surface area contributed by atoms with Gasteiger partial charge < -0.3 is 14.9 Å². The average molecular weight is 348 g/mol. The van der Waals surface area contributed by atoms with Crippen LogP contribution in [0.1, 0.15) is 27.9 Å². The van der Waals surface area contributed by atoms with Gasteiger partial charge in [0.2, 0.25) is 0 Å². The number of H-pyrrole nitrogens is 1. The Morgan fingerprint density at radius 2 is 1.96 bits per heavy atom. The van der Waals surface area contributed by atoms with Crippen LogP contribution in [0, 0.1) is 5.82 Å². The van der Waals surface area contributed by atoms with Gasteiger partial charge in [0.05, 0.1) is 0 Å². The molecular formula is C20H17FN4O. The van der Waals surface area contributed by atoms with Crippen LogP contribution in [0.3, 0.4) is 0 Å². The van der Waals surface area contributed by atoms with Crippen molar-refractivity contribution in [3.05, 3.63) is 89.9 Å². The van der Waals surface area contributed by atoms with Gasteiger partial charge in [0.25, 0.3) is 5.91 Å². The lowest BCUT2D eigenvalue weighted by Crippen LogP contribution is -2.31. The molecule has 0 aliphatic heterocycles. The monoisotopic (exact) mass is 348 g/mol. The maximum absolute atomic E-state index is 13.3. The molecule has 26 heavy (non-hydrogen) atoms. The highest BCUT2D eigenvalue weighted by Crippen LogP contribution is 2.22. The summed E-state index contributed by atoms with van der Waals surface area (Å²) in [5, 5.41) is 3.96. The van der Waals surface area contributed by atoms with Crippen molar-refractivity contribution in [3.63, 3.8) is 0 Å². The largest absolute Gasteiger partial charge is 0.351 e. The van der Waals surface area contributed by atoms with E-state index in [4.69, 9.17) is 0 Å². The number of fused-ring (bicyclic) bond motifs is 1. The number of carbonyl (C=O) groups is 1. The number of carbonyl (C=O) groups excluding carboxylic acids is 1. The van der Waals surface area contributed by atoms with Gasteiger partial charge in [0, 0.05) is 30.3 Å². The number of aromatic nitrogens is 3. The molecule has 2 aromatic carbocycles. The third-order valence-corrected chi connectivity index (χ3v) is 4.37. The number of hydrogen-bond acceptors (Lipinski definition) is 2. The molecule has 5 nitrogen and oxygen atoms in total. The van der Waals surface area contributed by atoms with Crippen LogP contribution >= 0.6 is 0 Å². The molecule has 6 heteroatoms. The zero-order valence-corrected chi connectivity index (χ0v) is 14.1. The van der Waals surface area contributed by atoms with Crippen LogP contribution in [0.15, 0.2) is 67.0 Å². The SMILES string of the molecule is Cn1ccnc1[C@H](NC(=O)c1cc2ccccc2[nH]1)c1ccc(F)cc1. The van der Waals surface area contributed by atoms with E-state index < -0.39 is 6.04 Å². The molecule has 0 saturated heterocycles. The molecule has 130 valence electrons. The Bertz CT molecular complexity index is 1030. The second-order valence-corrected chi connectivity index (χ2v) is 6.12. The first-order chi connectivity index (χ1) is 12.6. The van der Waals surface area contributed by atoms with Gasteiger partial charge in [0.15, 0.2) is 0 Å². The number of imidazole rings is 1. The third-order valence-electron chi connectivity index (χ3n) is 4.37. The minimum Gasteiger partial charge on any atom is -0.351 e. The van der Waals surface area contributed by atoms with E-state index in [-0.39, 0.29) is 11.7 Å². The molecule has 2 N–H and O–H groups in total. The first-order valence-corrected chi connectivity index (χ1v) is 8.23. The molecule has 4 rings (SSSR count). The first kappa shape index (κ1) is 16.1. The normalized spacial score (nSPS) is 12.2. The van der Waals surface area contributed by atoms with Gasteiger partial charge in [-0.05, 0) is 29.8 Å². The summed E-state index contributed by atoms with van der Waals surface area (Å²) >= 11 is 0. The summed E-state index contributed by atoms with van der Waals surface area (Å²) in [4.78, 5) is 20.3. The van der Waals surface area contributed by atoms with Crippen molar-refractivity contribution in [2.24, 2.45) is 7.05 Å². The summed E-state index contributed by atoms with van der Waals surface area (Å²) in [6.45, 7) is 0. The molecule has 0 bridgehead atoms. The molecule has 0 radical (unpaired) electrons. The average Bonchev–Trinajstić information content (AvgIpc) is 3.26. The summed E-state index contributed by atoms with van der Waals surface area (Å²) < 4.78 is 15.1. The number of halogens is 1. The zero-order valence-electron chi connectivity index (χ0n) is 14.1. The highest BCUT2D eigenvalue weighted by atomic mass is 19.1. The minimum absolute atomic E-state index is 0.251. The molecule has 4 aromatic rings. The fourth-order valence-electron chi connectivity index (χ4n) is 3.01. The van der Waals surface area contributed by atoms with Crippen molar-refractivity contribution in [1.82, 2.24) is 19.9 Å². The van der Waals surface area contributed by atoms with Gasteiger partial charge in [0.1, 0.15) is 23.4 Å². The van der Waals surface area contributed by atoms with E-state index in [0.717, 1.165) is 16.5 Å². The lowest BCUT2D eigenvalue weighted by molar-refractivity contribution is 0.0937. The molecule has 0 spiro atoms. The summed E-state index contributed by atoms with van der Waals surface area (Å²) in [7, 11) is 1.86. The maximum atomic E-state index is 13.3. The van der Waals surface area contributed by atoms with E-state index in [2.05, 4.69) is 15.3 Å². The van der Waals surface area contributed by atoms with Gasteiger partial charge in [-0.1, -0.05) is 30.3 Å². The molecule has 0 aliphatic rings. The van der Waals surface area contributed by atoms with Gasteiger partial charge in [-0.2, -0.15) is 0 Å². The van der Waals surface area contributed by atoms with E-state index in [1.165, 1.54) is 12.1 Å². The molecule has 2 heterocycles. The Balaban J connectivity index is 1.69. The number of aromatic amines is 1. The molecule has 1 atom stereocenters. The Kier molecular flexibility index (Phi) is 4.01. The lowest BCUT2D eigenvalue weighted by Gasteiger charge is -2.19. The number of rotatable bonds is 4. The highest BCUT2D eigenvalue weighted by Gasteiger charge is 2.22. The smallest absolute Gasteiger partial charge is 0.268 e. The molecule has 1 amide bonds. The van der Waals surface area contributed by atoms with E-state index >= 15 is 0 Å². The van der Waals surface area contributed by atoms with Crippen molar-refractivity contribution in [1.29, 1.82) is 0 Å². The number of nitrogens with one attached hydrogen (secondary N) is 2. The number of amides is 1. The van der Waals surface area contributed by atoms with Crippen molar-refractivity contribution in [3.8, 4) is 0 Å². The van der Waals surface area contributed by atoms with Gasteiger partial charge in [-0.25, -0.2) is 9.37 Å². The summed E-state index contributed by atoms with van der Waals surface area (Å²) in [5.41, 5.74) is 2.12. The summed E-state index contributed by atoms with van der Waals surface area (Å²) in [6, 6.07) is 15.1. The number of aryl methyl sites for hydroxylation is 1. The third kappa shape index (κ3) is 2.97. The fraction of sp³-hybridized carbons (Fsp3) is 0.100. The number of para-hydroxylation sites is 1. The first-order valence-electron chi connectivity index (χ1n) is 8.23. The topological polar surface area (TPSA) is 62.7 Å². The molecular weight excluding hydrogens is 331 g/mol. The van der Waals surface area contributed by atoms with Crippen LogP contribution in [0.4, 0.5) is 4.39 Å². The van der Waals surface area contributed by atoms with E-state index in [1.54, 1.807) is 24.5 Å². The van der Waals surface area contributed by atoms with Gasteiger partial charge in [-0.15, -0.1) is 0 Å². The number of nitrogens with zero attached hydrogens (tertiary/aromatic N) is 2. The predicted molar refractivity (Wildman–Crippen MR) is 97.2 cm³/mol. The van der Waals surface area contributed by atoms with Crippen molar-refractivity contribution in [2.75, 3.05) is 0 Å². The molecule has 0 saturated carbocycles. The predicted octanol–water partition coefficient (Wildman–Crippen LogP) is 3.56. The van der Waals surface area contributed by atoms with Gasteiger partial charge >= 0.3 is 0 Å². The van der Waals surface area contributed by atoms with Crippen molar-refractivity contribution >= 4 is 16.8 Å². The van der Waals surface area contributed by atoms with E-state index in [1.807, 2.05) is 41.9 Å². The number of benzene rings is 2. The van der Waals surface area contributed by atoms with Crippen molar-refractivity contribution in [2.45, 2.75) is 6.04 Å². The Morgan fingerprint density at radius 1 is 1.19 bits per heavy atom. The Labute approximate surface area is 149 Å². The molecule has 0 fully saturated rings. The molecule has 0 aliphatic carbocycles. The standard InChI is InChI=1S/C20H17FN4O/c1-25-11-10-22-19(25)18(13-6-8-15(21)9-7-13)24-20(26)17-12-14-4-2-3-5-16(14)23-17/h2-12,18,23H,1H3,(H,24,26)/t18-/m1/s1. The van der Waals surface area contributed by atoms with Crippen LogP contribution in [0.25, 0.3) is 10.9 Å². The van der Waals surface area contributed by atoms with E-state index in [0.29, 0.717) is 11.5 Å². The zero-order chi connectivity index (χ0) is 18.1. The number of hydrogen-bond donors (Lipinski definition) is 2. The summed E-state index contributed by atoms with van der Waals surface area (Å²) in [6.07, 6.45) is 3.47. The van der Waals surface area contributed by atoms with Gasteiger partial charge in [-0.3, -0.25) is 4.79 Å². The van der Waals surface area contributed by atoms with Crippen LogP contribution in [0.2, 0.25) is 0 Å². The van der Waals surface area contributed by atoms with E-state index in [9.17, 15) is 9.18 Å². The van der Waals surface area contributed by atoms with Crippen LogP contribution in [0.5, 0.6) is 0 Å². The van der Waals surface area contributed by atoms with Crippen LogP contribution < -0.4 is 5.32 Å². The quantitative estimate of drug-likeness (QED) is 0.592. The second kappa shape index (κ2) is 6.48. The fourth-order valence-corrected chi connectivity index (χ4v) is 3.01. The second-order valence-electron chi connectivity index (χ2n) is 6.12. The van der Waals surface area contributed by atoms with Crippen LogP contribution in [-0.2, 0) is 7.05 Å². The maximum Gasteiger partial charge on any atom is 0.268 e. The van der Waals surface area contributed by atoms with Crippen molar-refractivity contribution < 1.29 is 9.18 Å². The Morgan fingerprint density at radius 3 is 2.65 bits per heavy atom. The van der Waals surface area contributed by atoms with Crippen LogP contribution in [-0.4, -0.2) is 20.4 Å².